The van der Waals surface area contributed by atoms with Crippen LogP contribution in [0.15, 0.2) is 12.1 Å². The highest BCUT2D eigenvalue weighted by atomic mass is 32.1. The molecular formula is C12H14N2O4S. The average molecular weight is 282 g/mol. The Morgan fingerprint density at radius 3 is 2.47 bits per heavy atom. The van der Waals surface area contributed by atoms with Crippen molar-refractivity contribution in [1.82, 2.24) is 5.32 Å². The Labute approximate surface area is 113 Å². The minimum absolute atomic E-state index is 0.213. The van der Waals surface area contributed by atoms with Gasteiger partial charge in [-0.3, -0.25) is 9.59 Å². The molecule has 0 radical (unpaired) electrons. The largest absolute Gasteiger partial charge is 0.480 e. The number of aliphatic carboxylic acids is 1. The quantitative estimate of drug-likeness (QED) is 0.778. The number of carbonyl (C=O) groups is 3. The van der Waals surface area contributed by atoms with Crippen molar-refractivity contribution >= 4 is 34.1 Å². The van der Waals surface area contributed by atoms with Gasteiger partial charge in [0.15, 0.2) is 0 Å². The number of nitrogens with one attached hydrogen (secondary N) is 2. The van der Waals surface area contributed by atoms with Crippen molar-refractivity contribution in [3.8, 4) is 0 Å². The van der Waals surface area contributed by atoms with Crippen LogP contribution in [0.2, 0.25) is 0 Å². The Hall–Kier alpha value is -1.89. The van der Waals surface area contributed by atoms with E-state index in [4.69, 9.17) is 5.11 Å². The summed E-state index contributed by atoms with van der Waals surface area (Å²) < 4.78 is 0. The summed E-state index contributed by atoms with van der Waals surface area (Å²) in [5.41, 5.74) is -1.12. The van der Waals surface area contributed by atoms with Gasteiger partial charge in [0.05, 0.1) is 9.88 Å². The summed E-state index contributed by atoms with van der Waals surface area (Å²) in [5.74, 6) is -1.62. The van der Waals surface area contributed by atoms with Crippen molar-refractivity contribution in [3.05, 3.63) is 17.0 Å². The van der Waals surface area contributed by atoms with E-state index in [2.05, 4.69) is 10.6 Å². The molecular weight excluding hydrogens is 268 g/mol. The summed E-state index contributed by atoms with van der Waals surface area (Å²) in [7, 11) is 0. The Morgan fingerprint density at radius 1 is 1.32 bits per heavy atom. The predicted molar refractivity (Wildman–Crippen MR) is 70.3 cm³/mol. The minimum atomic E-state index is -1.12. The van der Waals surface area contributed by atoms with E-state index < -0.39 is 17.4 Å². The van der Waals surface area contributed by atoms with Crippen LogP contribution < -0.4 is 10.6 Å². The van der Waals surface area contributed by atoms with Crippen LogP contribution in [0.1, 0.15) is 35.9 Å². The van der Waals surface area contributed by atoms with Crippen LogP contribution in [-0.2, 0) is 9.59 Å². The molecule has 3 N–H and O–H groups in total. The van der Waals surface area contributed by atoms with Crippen molar-refractivity contribution in [1.29, 1.82) is 0 Å². The summed E-state index contributed by atoms with van der Waals surface area (Å²) in [5, 5.41) is 14.8. The summed E-state index contributed by atoms with van der Waals surface area (Å²) in [6.45, 7) is 1.38. The number of rotatable bonds is 4. The number of anilines is 1. The van der Waals surface area contributed by atoms with E-state index in [1.54, 1.807) is 12.1 Å². The first-order chi connectivity index (χ1) is 8.93. The van der Waals surface area contributed by atoms with Crippen LogP contribution in [0, 0.1) is 0 Å². The molecule has 0 aromatic carbocycles. The molecule has 1 heterocycles. The fraction of sp³-hybridized carbons (Fsp3) is 0.417. The number of carboxylic acid groups (broad SMARTS) is 1. The molecule has 0 spiro atoms. The molecule has 0 unspecified atom stereocenters. The molecule has 0 bridgehead atoms. The molecule has 7 heteroatoms. The SMILES string of the molecule is CC(=O)Nc1ccc(C(=O)NC2(C(=O)O)CCC2)s1. The van der Waals surface area contributed by atoms with Crippen molar-refractivity contribution < 1.29 is 19.5 Å². The molecule has 6 nitrogen and oxygen atoms in total. The zero-order valence-electron chi connectivity index (χ0n) is 10.4. The maximum Gasteiger partial charge on any atom is 0.329 e. The first-order valence-corrected chi connectivity index (χ1v) is 6.68. The molecule has 2 rings (SSSR count). The first kappa shape index (κ1) is 13.5. The van der Waals surface area contributed by atoms with Gasteiger partial charge in [-0.15, -0.1) is 11.3 Å². The Kier molecular flexibility index (Phi) is 3.57. The predicted octanol–water partition coefficient (Wildman–Crippen LogP) is 1.44. The Morgan fingerprint density at radius 2 is 2.00 bits per heavy atom. The number of carbonyl (C=O) groups excluding carboxylic acids is 2. The number of thiophene rings is 1. The first-order valence-electron chi connectivity index (χ1n) is 5.86. The van der Waals surface area contributed by atoms with Crippen molar-refractivity contribution in [2.75, 3.05) is 5.32 Å². The van der Waals surface area contributed by atoms with E-state index in [-0.39, 0.29) is 5.91 Å². The standard InChI is InChI=1S/C12H14N2O4S/c1-7(15)13-9-4-3-8(19-9)10(16)14-12(11(17)18)5-2-6-12/h3-4H,2,5-6H2,1H3,(H,13,15)(H,14,16)(H,17,18). The van der Waals surface area contributed by atoms with Gasteiger partial charge in [-0.05, 0) is 31.4 Å². The van der Waals surface area contributed by atoms with Crippen LogP contribution in [-0.4, -0.2) is 28.4 Å². The third-order valence-electron chi connectivity index (χ3n) is 3.10. The van der Waals surface area contributed by atoms with Gasteiger partial charge in [0.2, 0.25) is 5.91 Å². The number of carboxylic acids is 1. The summed E-state index contributed by atoms with van der Waals surface area (Å²) in [6.07, 6.45) is 1.71. The van der Waals surface area contributed by atoms with Gasteiger partial charge < -0.3 is 15.7 Å². The van der Waals surface area contributed by atoms with Gasteiger partial charge in [0.25, 0.3) is 5.91 Å². The van der Waals surface area contributed by atoms with Crippen LogP contribution >= 0.6 is 11.3 Å². The van der Waals surface area contributed by atoms with E-state index >= 15 is 0 Å². The van der Waals surface area contributed by atoms with Crippen molar-refractivity contribution in [2.24, 2.45) is 0 Å². The fourth-order valence-corrected chi connectivity index (χ4v) is 2.75. The Balaban J connectivity index is 2.05. The van der Waals surface area contributed by atoms with E-state index in [0.717, 1.165) is 17.8 Å². The maximum absolute atomic E-state index is 12.0. The van der Waals surface area contributed by atoms with Crippen molar-refractivity contribution in [2.45, 2.75) is 31.7 Å². The third-order valence-corrected chi connectivity index (χ3v) is 4.10. The van der Waals surface area contributed by atoms with Gasteiger partial charge in [-0.25, -0.2) is 4.79 Å². The molecule has 19 heavy (non-hydrogen) atoms. The lowest BCUT2D eigenvalue weighted by molar-refractivity contribution is -0.148. The second-order valence-electron chi connectivity index (χ2n) is 4.54. The van der Waals surface area contributed by atoms with E-state index in [1.165, 1.54) is 6.92 Å². The molecule has 1 aromatic rings. The lowest BCUT2D eigenvalue weighted by Gasteiger charge is -2.38. The molecule has 102 valence electrons. The highest BCUT2D eigenvalue weighted by Gasteiger charge is 2.45. The minimum Gasteiger partial charge on any atom is -0.480 e. The summed E-state index contributed by atoms with van der Waals surface area (Å²) in [4.78, 5) is 34.4. The molecule has 0 aliphatic heterocycles. The summed E-state index contributed by atoms with van der Waals surface area (Å²) in [6, 6.07) is 3.19. The molecule has 1 fully saturated rings. The van der Waals surface area contributed by atoms with Gasteiger partial charge in [0.1, 0.15) is 5.54 Å². The third kappa shape index (κ3) is 2.76. The molecule has 0 atom stereocenters. The van der Waals surface area contributed by atoms with Crippen LogP contribution in [0.25, 0.3) is 0 Å². The number of hydrogen-bond donors (Lipinski definition) is 3. The molecule has 1 aromatic heterocycles. The Bertz CT molecular complexity index is 534. The lowest BCUT2D eigenvalue weighted by Crippen LogP contribution is -2.59. The van der Waals surface area contributed by atoms with Gasteiger partial charge in [-0.1, -0.05) is 0 Å². The highest BCUT2D eigenvalue weighted by molar-refractivity contribution is 7.18. The van der Waals surface area contributed by atoms with E-state index in [1.807, 2.05) is 0 Å². The maximum atomic E-state index is 12.0. The van der Waals surface area contributed by atoms with Crippen LogP contribution in [0.4, 0.5) is 5.00 Å². The lowest BCUT2D eigenvalue weighted by atomic mass is 9.77. The second-order valence-corrected chi connectivity index (χ2v) is 5.62. The highest BCUT2D eigenvalue weighted by Crippen LogP contribution is 2.33. The number of amides is 2. The molecule has 2 amide bonds. The van der Waals surface area contributed by atoms with E-state index in [9.17, 15) is 14.4 Å². The molecule has 1 aliphatic rings. The summed E-state index contributed by atoms with van der Waals surface area (Å²) >= 11 is 1.12. The zero-order chi connectivity index (χ0) is 14.0. The molecule has 1 aliphatic carbocycles. The molecule has 0 saturated heterocycles. The molecule has 1 saturated carbocycles. The van der Waals surface area contributed by atoms with Gasteiger partial charge >= 0.3 is 5.97 Å². The van der Waals surface area contributed by atoms with E-state index in [0.29, 0.717) is 22.7 Å². The van der Waals surface area contributed by atoms with Gasteiger partial charge in [0, 0.05) is 6.92 Å². The second kappa shape index (κ2) is 5.00. The fourth-order valence-electron chi connectivity index (χ4n) is 1.90. The van der Waals surface area contributed by atoms with Crippen LogP contribution in [0.5, 0.6) is 0 Å². The monoisotopic (exact) mass is 282 g/mol. The van der Waals surface area contributed by atoms with Crippen LogP contribution in [0.3, 0.4) is 0 Å². The van der Waals surface area contributed by atoms with Gasteiger partial charge in [-0.2, -0.15) is 0 Å². The normalized spacial score (nSPS) is 16.3. The zero-order valence-corrected chi connectivity index (χ0v) is 11.2. The smallest absolute Gasteiger partial charge is 0.329 e. The topological polar surface area (TPSA) is 95.5 Å². The van der Waals surface area contributed by atoms with Crippen molar-refractivity contribution in [3.63, 3.8) is 0 Å². The average Bonchev–Trinajstić information content (AvgIpc) is 2.70. The number of hydrogen-bond acceptors (Lipinski definition) is 4.